The van der Waals surface area contributed by atoms with E-state index in [2.05, 4.69) is 10.1 Å². The van der Waals surface area contributed by atoms with Crippen molar-refractivity contribution in [2.75, 3.05) is 4.90 Å². The summed E-state index contributed by atoms with van der Waals surface area (Å²) in [6.07, 6.45) is -6.65. The molecule has 2 aromatic carbocycles. The SMILES string of the molecule is O=C1N[C@H](S(=O)(=O)c2ccccc2)[C@H](O)N1c1ccc(OC(F)(F)F)cc1. The predicted molar refractivity (Wildman–Crippen MR) is 87.6 cm³/mol. The molecule has 2 N–H and O–H groups in total. The summed E-state index contributed by atoms with van der Waals surface area (Å²) in [7, 11) is -4.09. The average Bonchev–Trinajstić information content (AvgIpc) is 2.90. The highest BCUT2D eigenvalue weighted by atomic mass is 32.2. The zero-order chi connectivity index (χ0) is 19.8. The molecule has 27 heavy (non-hydrogen) atoms. The molecule has 1 aliphatic rings. The predicted octanol–water partition coefficient (Wildman–Crippen LogP) is 2.23. The number of hydrogen-bond acceptors (Lipinski definition) is 5. The van der Waals surface area contributed by atoms with Gasteiger partial charge < -0.3 is 15.2 Å². The zero-order valence-electron chi connectivity index (χ0n) is 13.4. The maximum atomic E-state index is 12.6. The molecule has 2 aromatic rings. The first-order valence-electron chi connectivity index (χ1n) is 7.52. The van der Waals surface area contributed by atoms with Gasteiger partial charge in [-0.2, -0.15) is 0 Å². The lowest BCUT2D eigenvalue weighted by molar-refractivity contribution is -0.274. The molecule has 1 saturated heterocycles. The average molecular weight is 402 g/mol. The van der Waals surface area contributed by atoms with E-state index in [1.807, 2.05) is 0 Å². The van der Waals surface area contributed by atoms with Crippen molar-refractivity contribution in [3.05, 3.63) is 54.6 Å². The molecule has 7 nitrogen and oxygen atoms in total. The standard InChI is InChI=1S/C16H13F3N2O5S/c17-16(18,19)26-11-8-6-10(7-9-11)21-14(22)13(20-15(21)23)27(24,25)12-4-2-1-3-5-12/h1-9,13-14,22H,(H,20,23)/t13-,14+/m1/s1. The number of benzene rings is 2. The lowest BCUT2D eigenvalue weighted by atomic mass is 10.3. The highest BCUT2D eigenvalue weighted by Gasteiger charge is 2.47. The Bertz CT molecular complexity index is 933. The fourth-order valence-corrected chi connectivity index (χ4v) is 4.12. The van der Waals surface area contributed by atoms with Gasteiger partial charge in [0, 0.05) is 5.69 Å². The molecule has 0 bridgehead atoms. The lowest BCUT2D eigenvalue weighted by Gasteiger charge is -2.22. The minimum atomic E-state index is -4.87. The second-order valence-electron chi connectivity index (χ2n) is 5.55. The van der Waals surface area contributed by atoms with Crippen molar-refractivity contribution in [1.29, 1.82) is 0 Å². The molecule has 2 atom stereocenters. The fraction of sp³-hybridized carbons (Fsp3) is 0.188. The second-order valence-corrected chi connectivity index (χ2v) is 7.62. The van der Waals surface area contributed by atoms with E-state index < -0.39 is 39.6 Å². The number of hydrogen-bond donors (Lipinski definition) is 2. The first-order valence-corrected chi connectivity index (χ1v) is 9.07. The maximum absolute atomic E-state index is 12.6. The molecule has 0 radical (unpaired) electrons. The van der Waals surface area contributed by atoms with E-state index in [4.69, 9.17) is 0 Å². The highest BCUT2D eigenvalue weighted by Crippen LogP contribution is 2.30. The van der Waals surface area contributed by atoms with E-state index in [9.17, 15) is 31.5 Å². The molecule has 1 fully saturated rings. The summed E-state index contributed by atoms with van der Waals surface area (Å²) in [5.41, 5.74) is 0.000265. The molecule has 11 heteroatoms. The summed E-state index contributed by atoms with van der Waals surface area (Å²) in [6.45, 7) is 0. The molecule has 144 valence electrons. The third-order valence-electron chi connectivity index (χ3n) is 3.77. The number of urea groups is 1. The van der Waals surface area contributed by atoms with Gasteiger partial charge in [-0.1, -0.05) is 18.2 Å². The number of sulfone groups is 1. The normalized spacial score (nSPS) is 20.4. The van der Waals surface area contributed by atoms with Gasteiger partial charge in [0.15, 0.2) is 11.6 Å². The maximum Gasteiger partial charge on any atom is 0.573 e. The number of amides is 2. The van der Waals surface area contributed by atoms with Crippen molar-refractivity contribution >= 4 is 21.6 Å². The number of halogens is 3. The molecule has 1 heterocycles. The van der Waals surface area contributed by atoms with Crippen molar-refractivity contribution in [3.63, 3.8) is 0 Å². The second kappa shape index (κ2) is 6.74. The number of aliphatic hydroxyl groups excluding tert-OH is 1. The van der Waals surface area contributed by atoms with Gasteiger partial charge >= 0.3 is 12.4 Å². The van der Waals surface area contributed by atoms with Crippen molar-refractivity contribution in [3.8, 4) is 5.75 Å². The molecule has 0 spiro atoms. The van der Waals surface area contributed by atoms with E-state index in [0.717, 1.165) is 29.2 Å². The van der Waals surface area contributed by atoms with Crippen LogP contribution < -0.4 is 15.0 Å². The number of nitrogens with zero attached hydrogens (tertiary/aromatic N) is 1. The van der Waals surface area contributed by atoms with Crippen molar-refractivity contribution in [2.45, 2.75) is 22.9 Å². The minimum absolute atomic E-state index is 0.000265. The van der Waals surface area contributed by atoms with Crippen molar-refractivity contribution in [1.82, 2.24) is 5.32 Å². The molecule has 0 saturated carbocycles. The number of rotatable bonds is 4. The Hall–Kier alpha value is -2.79. The Labute approximate surface area is 151 Å². The Morgan fingerprint density at radius 1 is 1.04 bits per heavy atom. The van der Waals surface area contributed by atoms with Crippen LogP contribution in [0.25, 0.3) is 0 Å². The van der Waals surface area contributed by atoms with Gasteiger partial charge in [0.25, 0.3) is 0 Å². The number of nitrogens with one attached hydrogen (secondary N) is 1. The summed E-state index contributed by atoms with van der Waals surface area (Å²) < 4.78 is 65.6. The van der Waals surface area contributed by atoms with Gasteiger partial charge in [0.2, 0.25) is 9.84 Å². The van der Waals surface area contributed by atoms with E-state index in [0.29, 0.717) is 0 Å². The number of aliphatic hydroxyl groups is 1. The van der Waals surface area contributed by atoms with Gasteiger partial charge in [-0.15, -0.1) is 13.2 Å². The highest BCUT2D eigenvalue weighted by molar-refractivity contribution is 7.92. The number of ether oxygens (including phenoxy) is 1. The van der Waals surface area contributed by atoms with Crippen LogP contribution in [0.15, 0.2) is 59.5 Å². The minimum Gasteiger partial charge on any atom is -0.406 e. The molecule has 0 aliphatic carbocycles. The lowest BCUT2D eigenvalue weighted by Crippen LogP contribution is -2.41. The van der Waals surface area contributed by atoms with Gasteiger partial charge in [0.1, 0.15) is 5.75 Å². The number of carbonyl (C=O) groups is 1. The molecule has 1 aliphatic heterocycles. The molecular formula is C16H13F3N2O5S. The van der Waals surface area contributed by atoms with Gasteiger partial charge in [-0.05, 0) is 36.4 Å². The van der Waals surface area contributed by atoms with Crippen LogP contribution >= 0.6 is 0 Å². The largest absolute Gasteiger partial charge is 0.573 e. The van der Waals surface area contributed by atoms with E-state index >= 15 is 0 Å². The van der Waals surface area contributed by atoms with Crippen LogP contribution in [0.4, 0.5) is 23.7 Å². The molecule has 0 unspecified atom stereocenters. The zero-order valence-corrected chi connectivity index (χ0v) is 14.2. The summed E-state index contributed by atoms with van der Waals surface area (Å²) in [5.74, 6) is -0.520. The van der Waals surface area contributed by atoms with Gasteiger partial charge in [0.05, 0.1) is 4.90 Å². The van der Waals surface area contributed by atoms with Crippen LogP contribution in [0, 0.1) is 0 Å². The quantitative estimate of drug-likeness (QED) is 0.818. The van der Waals surface area contributed by atoms with Crippen LogP contribution in [0.1, 0.15) is 0 Å². The van der Waals surface area contributed by atoms with Gasteiger partial charge in [-0.25, -0.2) is 13.2 Å². The van der Waals surface area contributed by atoms with E-state index in [1.54, 1.807) is 6.07 Å². The van der Waals surface area contributed by atoms with E-state index in [1.165, 1.54) is 24.3 Å². The van der Waals surface area contributed by atoms with Gasteiger partial charge in [-0.3, -0.25) is 4.90 Å². The summed E-state index contributed by atoms with van der Waals surface area (Å²) in [4.78, 5) is 12.8. The summed E-state index contributed by atoms with van der Waals surface area (Å²) in [5, 5.41) is 10.9. The fourth-order valence-electron chi connectivity index (χ4n) is 2.59. The molecule has 0 aromatic heterocycles. The Morgan fingerprint density at radius 2 is 1.63 bits per heavy atom. The van der Waals surface area contributed by atoms with Crippen LogP contribution in [0.5, 0.6) is 5.75 Å². The van der Waals surface area contributed by atoms with Crippen LogP contribution in [-0.4, -0.2) is 37.5 Å². The Kier molecular flexibility index (Phi) is 4.74. The number of carbonyl (C=O) groups excluding carboxylic acids is 1. The summed E-state index contributed by atoms with van der Waals surface area (Å²) in [6, 6.07) is 10.4. The monoisotopic (exact) mass is 402 g/mol. The Balaban J connectivity index is 1.85. The summed E-state index contributed by atoms with van der Waals surface area (Å²) >= 11 is 0. The van der Waals surface area contributed by atoms with E-state index in [-0.39, 0.29) is 10.6 Å². The van der Waals surface area contributed by atoms with Crippen molar-refractivity contribution in [2.24, 2.45) is 0 Å². The molecule has 2 amide bonds. The Morgan fingerprint density at radius 3 is 2.19 bits per heavy atom. The number of alkyl halides is 3. The molecular weight excluding hydrogens is 389 g/mol. The van der Waals surface area contributed by atoms with Crippen LogP contribution in [0.2, 0.25) is 0 Å². The third-order valence-corrected chi connectivity index (χ3v) is 5.73. The topological polar surface area (TPSA) is 95.9 Å². The van der Waals surface area contributed by atoms with Crippen LogP contribution in [0.3, 0.4) is 0 Å². The first-order chi connectivity index (χ1) is 12.6. The first kappa shape index (κ1) is 19.0. The third kappa shape index (κ3) is 3.83. The number of anilines is 1. The van der Waals surface area contributed by atoms with Crippen molar-refractivity contribution < 1.29 is 36.2 Å². The smallest absolute Gasteiger partial charge is 0.406 e. The van der Waals surface area contributed by atoms with Crippen LogP contribution in [-0.2, 0) is 9.84 Å². The molecule has 3 rings (SSSR count).